The lowest BCUT2D eigenvalue weighted by Crippen LogP contribution is -2.35. The summed E-state index contributed by atoms with van der Waals surface area (Å²) in [5, 5.41) is 0. The first-order valence-corrected chi connectivity index (χ1v) is 7.00. The van der Waals surface area contributed by atoms with Crippen molar-refractivity contribution in [1.82, 2.24) is 4.98 Å². The maximum atomic E-state index is 12.4. The van der Waals surface area contributed by atoms with Crippen LogP contribution in [-0.4, -0.2) is 23.3 Å². The molecule has 4 nitrogen and oxygen atoms in total. The highest BCUT2D eigenvalue weighted by atomic mass is 79.9. The van der Waals surface area contributed by atoms with E-state index in [-0.39, 0.29) is 12.4 Å². The molecule has 0 bridgehead atoms. The van der Waals surface area contributed by atoms with Crippen LogP contribution in [0.4, 0.5) is 0 Å². The molecule has 5 heteroatoms. The number of carbonyl (C=O) groups excluding carboxylic acids is 2. The molecule has 0 unspecified atom stereocenters. The highest BCUT2D eigenvalue weighted by Gasteiger charge is 2.38. The molecule has 0 aliphatic heterocycles. The lowest BCUT2D eigenvalue weighted by atomic mass is 9.85. The number of esters is 1. The Labute approximate surface area is 121 Å². The summed E-state index contributed by atoms with van der Waals surface area (Å²) in [7, 11) is 0. The number of aryl methyl sites for hydroxylation is 1. The Morgan fingerprint density at radius 2 is 2.00 bits per heavy atom. The number of rotatable bonds is 5. The van der Waals surface area contributed by atoms with Crippen LogP contribution in [0, 0.1) is 5.41 Å². The molecule has 0 N–H and O–H groups in total. The van der Waals surface area contributed by atoms with E-state index in [4.69, 9.17) is 4.74 Å². The summed E-state index contributed by atoms with van der Waals surface area (Å²) < 4.78 is 5.71. The number of carbonyl (C=O) groups is 2. The van der Waals surface area contributed by atoms with Crippen molar-refractivity contribution in [1.29, 1.82) is 0 Å². The number of ketones is 1. The van der Waals surface area contributed by atoms with Gasteiger partial charge >= 0.3 is 5.97 Å². The normalized spacial score (nSPS) is 11.2. The fourth-order valence-electron chi connectivity index (χ4n) is 1.62. The fraction of sp³-hybridized carbons (Fsp3) is 0.500. The Balaban J connectivity index is 3.06. The maximum Gasteiger partial charge on any atom is 0.319 e. The minimum Gasteiger partial charge on any atom is -0.465 e. The first-order valence-electron chi connectivity index (χ1n) is 6.21. The Kier molecular flexibility index (Phi) is 5.23. The molecule has 0 fully saturated rings. The number of nitrogens with zero attached hydrogens (tertiary/aromatic N) is 1. The van der Waals surface area contributed by atoms with Crippen molar-refractivity contribution < 1.29 is 14.3 Å². The molecule has 0 saturated carbocycles. The van der Waals surface area contributed by atoms with Crippen LogP contribution in [0.25, 0.3) is 0 Å². The van der Waals surface area contributed by atoms with E-state index < -0.39 is 11.4 Å². The molecule has 0 spiro atoms. The molecule has 0 aliphatic carbocycles. The predicted octanol–water partition coefficient (Wildman–Crippen LogP) is 3.18. The average Bonchev–Trinajstić information content (AvgIpc) is 2.37. The summed E-state index contributed by atoms with van der Waals surface area (Å²) in [6.07, 6.45) is 2.28. The molecule has 19 heavy (non-hydrogen) atoms. The van der Waals surface area contributed by atoms with E-state index in [1.165, 1.54) is 6.20 Å². The van der Waals surface area contributed by atoms with Crippen LogP contribution in [0.3, 0.4) is 0 Å². The van der Waals surface area contributed by atoms with Crippen LogP contribution in [0.2, 0.25) is 0 Å². The van der Waals surface area contributed by atoms with Gasteiger partial charge in [0.05, 0.1) is 12.3 Å². The molecular weight excluding hydrogens is 310 g/mol. The second-order valence-corrected chi connectivity index (χ2v) is 5.53. The zero-order valence-corrected chi connectivity index (χ0v) is 13.2. The van der Waals surface area contributed by atoms with Gasteiger partial charge in [-0.3, -0.25) is 14.6 Å². The van der Waals surface area contributed by atoms with E-state index in [1.807, 2.05) is 6.92 Å². The number of pyridine rings is 1. The van der Waals surface area contributed by atoms with E-state index in [2.05, 4.69) is 20.9 Å². The molecule has 104 valence electrons. The average molecular weight is 328 g/mol. The zero-order chi connectivity index (χ0) is 14.6. The van der Waals surface area contributed by atoms with Crippen LogP contribution >= 0.6 is 15.9 Å². The van der Waals surface area contributed by atoms with Gasteiger partial charge < -0.3 is 4.74 Å². The van der Waals surface area contributed by atoms with E-state index >= 15 is 0 Å². The van der Waals surface area contributed by atoms with Crippen LogP contribution < -0.4 is 0 Å². The third kappa shape index (κ3) is 3.41. The van der Waals surface area contributed by atoms with Crippen LogP contribution in [0.15, 0.2) is 16.7 Å². The third-order valence-electron chi connectivity index (χ3n) is 2.87. The lowest BCUT2D eigenvalue weighted by molar-refractivity contribution is -0.150. The molecular formula is C14H18BrNO3. The zero-order valence-electron chi connectivity index (χ0n) is 11.6. The number of hydrogen-bond donors (Lipinski definition) is 0. The molecule has 1 heterocycles. The number of halogens is 1. The summed E-state index contributed by atoms with van der Waals surface area (Å²) in [5.74, 6) is -0.808. The summed E-state index contributed by atoms with van der Waals surface area (Å²) in [6, 6.07) is 1.70. The van der Waals surface area contributed by atoms with Crippen molar-refractivity contribution in [2.45, 2.75) is 34.1 Å². The first-order chi connectivity index (χ1) is 8.84. The number of Topliss-reactive ketones (excluding diaryl/α,β-unsaturated/α-hetero) is 1. The van der Waals surface area contributed by atoms with Crippen LogP contribution in [0.5, 0.6) is 0 Å². The van der Waals surface area contributed by atoms with E-state index in [0.717, 1.165) is 16.6 Å². The van der Waals surface area contributed by atoms with Crippen molar-refractivity contribution in [3.8, 4) is 0 Å². The van der Waals surface area contributed by atoms with Gasteiger partial charge in [0.25, 0.3) is 0 Å². The van der Waals surface area contributed by atoms with Crippen molar-refractivity contribution in [2.24, 2.45) is 5.41 Å². The van der Waals surface area contributed by atoms with Crippen molar-refractivity contribution >= 4 is 27.7 Å². The summed E-state index contributed by atoms with van der Waals surface area (Å²) in [6.45, 7) is 7.08. The van der Waals surface area contributed by atoms with Crippen LogP contribution in [-0.2, 0) is 16.0 Å². The second-order valence-electron chi connectivity index (χ2n) is 4.68. The standard InChI is InChI=1S/C14H18BrNO3/c1-5-11-10(15)7-9(8-16-11)12(17)14(3,4)13(18)19-6-2/h7-8H,5-6H2,1-4H3. The fourth-order valence-corrected chi connectivity index (χ4v) is 2.24. The minimum absolute atomic E-state index is 0.256. The number of ether oxygens (including phenoxy) is 1. The topological polar surface area (TPSA) is 56.3 Å². The van der Waals surface area contributed by atoms with Gasteiger partial charge in [0, 0.05) is 16.2 Å². The SMILES string of the molecule is CCOC(=O)C(C)(C)C(=O)c1cnc(CC)c(Br)c1. The van der Waals surface area contributed by atoms with Crippen LogP contribution in [0.1, 0.15) is 43.7 Å². The van der Waals surface area contributed by atoms with Crippen molar-refractivity contribution in [3.05, 3.63) is 28.0 Å². The highest BCUT2D eigenvalue weighted by molar-refractivity contribution is 9.10. The first kappa shape index (κ1) is 15.8. The molecule has 0 radical (unpaired) electrons. The number of aromatic nitrogens is 1. The molecule has 0 aromatic carbocycles. The van der Waals surface area contributed by atoms with Gasteiger partial charge in [0.1, 0.15) is 5.41 Å². The highest BCUT2D eigenvalue weighted by Crippen LogP contribution is 2.26. The Morgan fingerprint density at radius 1 is 1.37 bits per heavy atom. The molecule has 0 saturated heterocycles. The molecule has 1 aromatic rings. The summed E-state index contributed by atoms with van der Waals surface area (Å²) >= 11 is 3.38. The summed E-state index contributed by atoms with van der Waals surface area (Å²) in [4.78, 5) is 28.4. The molecule has 0 atom stereocenters. The second kappa shape index (κ2) is 6.28. The van der Waals surface area contributed by atoms with Gasteiger partial charge in [-0.25, -0.2) is 0 Å². The predicted molar refractivity (Wildman–Crippen MR) is 76.1 cm³/mol. The minimum atomic E-state index is -1.20. The van der Waals surface area contributed by atoms with E-state index in [0.29, 0.717) is 5.56 Å². The maximum absolute atomic E-state index is 12.4. The van der Waals surface area contributed by atoms with Crippen molar-refractivity contribution in [2.75, 3.05) is 6.61 Å². The van der Waals surface area contributed by atoms with Gasteiger partial charge in [-0.05, 0) is 49.2 Å². The number of hydrogen-bond acceptors (Lipinski definition) is 4. The molecule has 0 aliphatic rings. The Morgan fingerprint density at radius 3 is 2.47 bits per heavy atom. The van der Waals surface area contributed by atoms with Gasteiger partial charge in [-0.15, -0.1) is 0 Å². The summed E-state index contributed by atoms with van der Waals surface area (Å²) in [5.41, 5.74) is 0.0813. The van der Waals surface area contributed by atoms with Crippen molar-refractivity contribution in [3.63, 3.8) is 0 Å². The van der Waals surface area contributed by atoms with Gasteiger partial charge in [-0.2, -0.15) is 0 Å². The Bertz CT molecular complexity index is 497. The van der Waals surface area contributed by atoms with E-state index in [9.17, 15) is 9.59 Å². The lowest BCUT2D eigenvalue weighted by Gasteiger charge is -2.20. The van der Waals surface area contributed by atoms with Gasteiger partial charge in [0.15, 0.2) is 5.78 Å². The monoisotopic (exact) mass is 327 g/mol. The smallest absolute Gasteiger partial charge is 0.319 e. The molecule has 1 rings (SSSR count). The van der Waals surface area contributed by atoms with E-state index in [1.54, 1.807) is 26.8 Å². The third-order valence-corrected chi connectivity index (χ3v) is 3.55. The molecule has 0 amide bonds. The largest absolute Gasteiger partial charge is 0.465 e. The van der Waals surface area contributed by atoms with Gasteiger partial charge in [-0.1, -0.05) is 6.92 Å². The molecule has 1 aromatic heterocycles. The van der Waals surface area contributed by atoms with Gasteiger partial charge in [0.2, 0.25) is 0 Å². The Hall–Kier alpha value is -1.23. The quantitative estimate of drug-likeness (QED) is 0.473.